The van der Waals surface area contributed by atoms with Gasteiger partial charge in [-0.05, 0) is 50.3 Å². The lowest BCUT2D eigenvalue weighted by Gasteiger charge is -2.09. The molecule has 0 atom stereocenters. The number of fused-ring (bicyclic) bond motifs is 1. The molecule has 0 spiro atoms. The Morgan fingerprint density at radius 2 is 2.00 bits per heavy atom. The maximum Gasteiger partial charge on any atom is 0.341 e. The van der Waals surface area contributed by atoms with Crippen molar-refractivity contribution >= 4 is 28.2 Å². The first-order chi connectivity index (χ1) is 11.0. The molecule has 5 heteroatoms. The minimum absolute atomic E-state index is 0.187. The van der Waals surface area contributed by atoms with E-state index in [4.69, 9.17) is 4.74 Å². The number of rotatable bonds is 3. The number of hydrogen-bond acceptors (Lipinski definition) is 4. The van der Waals surface area contributed by atoms with Crippen molar-refractivity contribution in [1.29, 1.82) is 0 Å². The highest BCUT2D eigenvalue weighted by Crippen LogP contribution is 2.39. The number of nitrogens with one attached hydrogen (secondary N) is 1. The quantitative estimate of drug-likeness (QED) is 0.869. The molecular formula is C18H19NO3S. The second-order valence-electron chi connectivity index (χ2n) is 5.83. The number of aryl methyl sites for hydroxylation is 3. The standard InChI is InChI=1S/C18H19NO3S/c1-10-7-8-12(11(2)9-10)16(20)19-17-15(18(21)22-3)13-5-4-6-14(13)23-17/h7-9H,4-6H2,1-3H3,(H,19,20). The van der Waals surface area contributed by atoms with E-state index < -0.39 is 0 Å². The lowest BCUT2D eigenvalue weighted by molar-refractivity contribution is 0.0601. The van der Waals surface area contributed by atoms with Crippen LogP contribution in [0.2, 0.25) is 0 Å². The van der Waals surface area contributed by atoms with E-state index in [1.54, 1.807) is 0 Å². The molecule has 120 valence electrons. The topological polar surface area (TPSA) is 55.4 Å². The van der Waals surface area contributed by atoms with E-state index in [9.17, 15) is 9.59 Å². The van der Waals surface area contributed by atoms with Crippen molar-refractivity contribution in [3.63, 3.8) is 0 Å². The molecule has 0 aliphatic heterocycles. The number of thiophene rings is 1. The third kappa shape index (κ3) is 2.88. The van der Waals surface area contributed by atoms with Gasteiger partial charge in [-0.15, -0.1) is 11.3 Å². The molecule has 0 unspecified atom stereocenters. The molecule has 0 radical (unpaired) electrons. The normalized spacial score (nSPS) is 12.8. The fourth-order valence-corrected chi connectivity index (χ4v) is 4.32. The summed E-state index contributed by atoms with van der Waals surface area (Å²) in [4.78, 5) is 25.9. The van der Waals surface area contributed by atoms with Crippen molar-refractivity contribution in [2.24, 2.45) is 0 Å². The number of esters is 1. The van der Waals surface area contributed by atoms with E-state index in [0.29, 0.717) is 16.1 Å². The first-order valence-corrected chi connectivity index (χ1v) is 8.44. The van der Waals surface area contributed by atoms with Crippen LogP contribution in [0.4, 0.5) is 5.00 Å². The van der Waals surface area contributed by atoms with Gasteiger partial charge in [0.2, 0.25) is 0 Å². The van der Waals surface area contributed by atoms with Crippen molar-refractivity contribution < 1.29 is 14.3 Å². The molecule has 1 aliphatic carbocycles. The predicted octanol–water partition coefficient (Wildman–Crippen LogP) is 3.89. The number of ether oxygens (including phenoxy) is 1. The maximum atomic E-state index is 12.6. The van der Waals surface area contributed by atoms with Gasteiger partial charge in [-0.25, -0.2) is 4.79 Å². The molecule has 1 amide bonds. The fourth-order valence-electron chi connectivity index (χ4n) is 3.05. The van der Waals surface area contributed by atoms with E-state index in [1.165, 1.54) is 23.3 Å². The van der Waals surface area contributed by atoms with Crippen molar-refractivity contribution in [3.8, 4) is 0 Å². The summed E-state index contributed by atoms with van der Waals surface area (Å²) in [6.45, 7) is 3.91. The molecule has 1 aromatic heterocycles. The Labute approximate surface area is 139 Å². The lowest BCUT2D eigenvalue weighted by Crippen LogP contribution is -2.15. The van der Waals surface area contributed by atoms with Gasteiger partial charge < -0.3 is 10.1 Å². The number of carbonyl (C=O) groups is 2. The molecule has 0 bridgehead atoms. The molecule has 0 fully saturated rings. The summed E-state index contributed by atoms with van der Waals surface area (Å²) in [5.41, 5.74) is 4.23. The Kier molecular flexibility index (Phi) is 4.22. The van der Waals surface area contributed by atoms with Crippen LogP contribution in [0, 0.1) is 13.8 Å². The SMILES string of the molecule is COC(=O)c1c(NC(=O)c2ccc(C)cc2C)sc2c1CCC2. The second-order valence-corrected chi connectivity index (χ2v) is 6.93. The van der Waals surface area contributed by atoms with E-state index in [1.807, 2.05) is 32.0 Å². The van der Waals surface area contributed by atoms with Gasteiger partial charge in [0.25, 0.3) is 5.91 Å². The number of benzene rings is 1. The molecule has 1 aliphatic rings. The molecule has 1 heterocycles. The van der Waals surface area contributed by atoms with Gasteiger partial charge in [-0.3, -0.25) is 4.79 Å². The highest BCUT2D eigenvalue weighted by Gasteiger charge is 2.28. The molecule has 1 aromatic carbocycles. The summed E-state index contributed by atoms with van der Waals surface area (Å²) in [5.74, 6) is -0.562. The second kappa shape index (κ2) is 6.16. The molecule has 1 N–H and O–H groups in total. The Bertz CT molecular complexity index is 792. The Balaban J connectivity index is 1.94. The Hall–Kier alpha value is -2.14. The average Bonchev–Trinajstić information content (AvgIpc) is 3.06. The van der Waals surface area contributed by atoms with Crippen molar-refractivity contribution in [3.05, 3.63) is 50.9 Å². The molecule has 4 nitrogen and oxygen atoms in total. The predicted molar refractivity (Wildman–Crippen MR) is 91.6 cm³/mol. The number of amides is 1. The summed E-state index contributed by atoms with van der Waals surface area (Å²) in [6, 6.07) is 5.71. The smallest absolute Gasteiger partial charge is 0.341 e. The highest BCUT2D eigenvalue weighted by atomic mass is 32.1. The van der Waals surface area contributed by atoms with Gasteiger partial charge in [0.05, 0.1) is 12.7 Å². The van der Waals surface area contributed by atoms with Gasteiger partial charge in [-0.2, -0.15) is 0 Å². The molecule has 23 heavy (non-hydrogen) atoms. The maximum absolute atomic E-state index is 12.6. The number of carbonyl (C=O) groups excluding carboxylic acids is 2. The minimum Gasteiger partial charge on any atom is -0.465 e. The highest BCUT2D eigenvalue weighted by molar-refractivity contribution is 7.17. The van der Waals surface area contributed by atoms with Crippen LogP contribution in [0.3, 0.4) is 0 Å². The van der Waals surface area contributed by atoms with E-state index >= 15 is 0 Å². The zero-order valence-electron chi connectivity index (χ0n) is 13.5. The minimum atomic E-state index is -0.375. The van der Waals surface area contributed by atoms with Gasteiger partial charge in [0, 0.05) is 10.4 Å². The molecule has 0 saturated heterocycles. The zero-order chi connectivity index (χ0) is 16.6. The van der Waals surface area contributed by atoms with Crippen molar-refractivity contribution in [2.45, 2.75) is 33.1 Å². The number of methoxy groups -OCH3 is 1. The fraction of sp³-hybridized carbons (Fsp3) is 0.333. The Morgan fingerprint density at radius 3 is 2.70 bits per heavy atom. The first-order valence-electron chi connectivity index (χ1n) is 7.62. The first kappa shape index (κ1) is 15.7. The third-order valence-corrected chi connectivity index (χ3v) is 5.37. The van der Waals surface area contributed by atoms with Gasteiger partial charge in [0.15, 0.2) is 0 Å². The van der Waals surface area contributed by atoms with Crippen LogP contribution >= 0.6 is 11.3 Å². The number of anilines is 1. The summed E-state index contributed by atoms with van der Waals surface area (Å²) in [7, 11) is 1.37. The van der Waals surface area contributed by atoms with Crippen molar-refractivity contribution in [2.75, 3.05) is 12.4 Å². The summed E-state index contributed by atoms with van der Waals surface area (Å²) >= 11 is 1.49. The number of hydrogen-bond donors (Lipinski definition) is 1. The van der Waals surface area contributed by atoms with Crippen LogP contribution in [-0.4, -0.2) is 19.0 Å². The van der Waals surface area contributed by atoms with Crippen LogP contribution in [0.5, 0.6) is 0 Å². The summed E-state index contributed by atoms with van der Waals surface area (Å²) in [5, 5.41) is 3.51. The summed E-state index contributed by atoms with van der Waals surface area (Å²) < 4.78 is 4.90. The largest absolute Gasteiger partial charge is 0.465 e. The monoisotopic (exact) mass is 329 g/mol. The third-order valence-electron chi connectivity index (χ3n) is 4.16. The lowest BCUT2D eigenvalue weighted by atomic mass is 10.1. The molecular weight excluding hydrogens is 310 g/mol. The van der Waals surface area contributed by atoms with E-state index in [-0.39, 0.29) is 11.9 Å². The van der Waals surface area contributed by atoms with Crippen LogP contribution in [0.25, 0.3) is 0 Å². The van der Waals surface area contributed by atoms with Crippen LogP contribution in [0.1, 0.15) is 48.7 Å². The average molecular weight is 329 g/mol. The molecule has 0 saturated carbocycles. The zero-order valence-corrected chi connectivity index (χ0v) is 14.3. The molecule has 2 aromatic rings. The Morgan fingerprint density at radius 1 is 1.22 bits per heavy atom. The van der Waals surface area contributed by atoms with E-state index in [0.717, 1.165) is 36.0 Å². The van der Waals surface area contributed by atoms with Gasteiger partial charge >= 0.3 is 5.97 Å². The van der Waals surface area contributed by atoms with Gasteiger partial charge in [0.1, 0.15) is 5.00 Å². The van der Waals surface area contributed by atoms with Crippen LogP contribution in [0.15, 0.2) is 18.2 Å². The van der Waals surface area contributed by atoms with Crippen LogP contribution < -0.4 is 5.32 Å². The van der Waals surface area contributed by atoms with Gasteiger partial charge in [-0.1, -0.05) is 17.7 Å². The molecule has 3 rings (SSSR count). The summed E-state index contributed by atoms with van der Waals surface area (Å²) in [6.07, 6.45) is 2.88. The van der Waals surface area contributed by atoms with Crippen molar-refractivity contribution in [1.82, 2.24) is 0 Å². The van der Waals surface area contributed by atoms with Crippen LogP contribution in [-0.2, 0) is 17.6 Å². The van der Waals surface area contributed by atoms with E-state index in [2.05, 4.69) is 5.32 Å².